The third-order valence-corrected chi connectivity index (χ3v) is 3.10. The Morgan fingerprint density at radius 2 is 1.78 bits per heavy atom. The lowest BCUT2D eigenvalue weighted by Gasteiger charge is -2.27. The summed E-state index contributed by atoms with van der Waals surface area (Å²) in [6.07, 6.45) is 1.41. The van der Waals surface area contributed by atoms with E-state index in [2.05, 4.69) is 6.92 Å². The van der Waals surface area contributed by atoms with Crippen LogP contribution < -0.4 is 5.84 Å². The lowest BCUT2D eigenvalue weighted by molar-refractivity contribution is -0.144. The highest BCUT2D eigenvalue weighted by Crippen LogP contribution is 2.11. The highest BCUT2D eigenvalue weighted by Gasteiger charge is 2.25. The fraction of sp³-hybridized carbons (Fsp3) is 0.500. The molecule has 18 heavy (non-hydrogen) atoms. The Kier molecular flexibility index (Phi) is 5.31. The third kappa shape index (κ3) is 3.82. The summed E-state index contributed by atoms with van der Waals surface area (Å²) in [7, 11) is 0. The van der Waals surface area contributed by atoms with E-state index in [9.17, 15) is 9.90 Å². The summed E-state index contributed by atoms with van der Waals surface area (Å²) < 4.78 is 0. The molecule has 0 heterocycles. The molecule has 0 saturated heterocycles. The SMILES string of the molecule is CCc1ccc(C[C@@H](C(=O)O)N(N)C(C)C)cc1. The molecule has 4 heteroatoms. The number of hydrogen-bond acceptors (Lipinski definition) is 3. The summed E-state index contributed by atoms with van der Waals surface area (Å²) in [6.45, 7) is 5.86. The van der Waals surface area contributed by atoms with Crippen LogP contribution in [0.2, 0.25) is 0 Å². The molecule has 1 rings (SSSR count). The number of rotatable bonds is 6. The van der Waals surface area contributed by atoms with Gasteiger partial charge >= 0.3 is 5.97 Å². The summed E-state index contributed by atoms with van der Waals surface area (Å²) in [5.74, 6) is 4.93. The monoisotopic (exact) mass is 250 g/mol. The number of nitrogens with zero attached hydrogens (tertiary/aromatic N) is 1. The predicted octanol–water partition coefficient (Wildman–Crippen LogP) is 1.83. The second-order valence-electron chi connectivity index (χ2n) is 4.77. The fourth-order valence-electron chi connectivity index (χ4n) is 1.81. The van der Waals surface area contributed by atoms with E-state index < -0.39 is 12.0 Å². The van der Waals surface area contributed by atoms with Gasteiger partial charge in [-0.15, -0.1) is 0 Å². The van der Waals surface area contributed by atoms with Gasteiger partial charge < -0.3 is 5.11 Å². The number of nitrogens with two attached hydrogens (primary N) is 1. The van der Waals surface area contributed by atoms with Gasteiger partial charge in [-0.05, 0) is 31.4 Å². The van der Waals surface area contributed by atoms with Crippen LogP contribution in [0.5, 0.6) is 0 Å². The first-order valence-corrected chi connectivity index (χ1v) is 6.29. The molecule has 0 fully saturated rings. The number of hydrogen-bond donors (Lipinski definition) is 2. The highest BCUT2D eigenvalue weighted by atomic mass is 16.4. The van der Waals surface area contributed by atoms with Crippen LogP contribution in [-0.4, -0.2) is 28.2 Å². The van der Waals surface area contributed by atoms with Crippen molar-refractivity contribution in [2.24, 2.45) is 5.84 Å². The van der Waals surface area contributed by atoms with E-state index in [0.29, 0.717) is 6.42 Å². The number of aliphatic carboxylic acids is 1. The molecule has 0 aliphatic rings. The van der Waals surface area contributed by atoms with Crippen molar-refractivity contribution in [3.63, 3.8) is 0 Å². The molecular formula is C14H22N2O2. The van der Waals surface area contributed by atoms with E-state index in [0.717, 1.165) is 12.0 Å². The second-order valence-corrected chi connectivity index (χ2v) is 4.77. The summed E-state index contributed by atoms with van der Waals surface area (Å²) in [5, 5.41) is 10.6. The van der Waals surface area contributed by atoms with Crippen LogP contribution >= 0.6 is 0 Å². The van der Waals surface area contributed by atoms with Gasteiger partial charge in [0.25, 0.3) is 0 Å². The second kappa shape index (κ2) is 6.52. The van der Waals surface area contributed by atoms with Crippen LogP contribution in [0.4, 0.5) is 0 Å². The van der Waals surface area contributed by atoms with Gasteiger partial charge in [0, 0.05) is 12.5 Å². The molecule has 0 spiro atoms. The topological polar surface area (TPSA) is 66.6 Å². The molecule has 0 amide bonds. The summed E-state index contributed by atoms with van der Waals surface area (Å²) >= 11 is 0. The van der Waals surface area contributed by atoms with Gasteiger partial charge in [-0.25, -0.2) is 5.01 Å². The normalized spacial score (nSPS) is 13.0. The third-order valence-electron chi connectivity index (χ3n) is 3.10. The van der Waals surface area contributed by atoms with Gasteiger partial charge in [-0.3, -0.25) is 10.6 Å². The minimum Gasteiger partial charge on any atom is -0.480 e. The fourth-order valence-corrected chi connectivity index (χ4v) is 1.81. The Hall–Kier alpha value is -1.39. The Morgan fingerprint density at radius 3 is 2.17 bits per heavy atom. The lowest BCUT2D eigenvalue weighted by Crippen LogP contribution is -2.50. The number of carbonyl (C=O) groups is 1. The molecule has 1 atom stereocenters. The first kappa shape index (κ1) is 14.7. The van der Waals surface area contributed by atoms with Crippen molar-refractivity contribution in [2.75, 3.05) is 0 Å². The molecule has 0 radical (unpaired) electrons. The summed E-state index contributed by atoms with van der Waals surface area (Å²) in [5.41, 5.74) is 2.25. The van der Waals surface area contributed by atoms with Crippen LogP contribution in [-0.2, 0) is 17.6 Å². The van der Waals surface area contributed by atoms with Gasteiger partial charge in [0.2, 0.25) is 0 Å². The first-order chi connectivity index (χ1) is 8.45. The Bertz CT molecular complexity index is 387. The van der Waals surface area contributed by atoms with Gasteiger partial charge in [0.05, 0.1) is 0 Å². The van der Waals surface area contributed by atoms with Crippen LogP contribution in [0.1, 0.15) is 31.9 Å². The number of benzene rings is 1. The molecule has 4 nitrogen and oxygen atoms in total. The zero-order chi connectivity index (χ0) is 13.7. The highest BCUT2D eigenvalue weighted by molar-refractivity contribution is 5.73. The van der Waals surface area contributed by atoms with E-state index in [-0.39, 0.29) is 6.04 Å². The minimum atomic E-state index is -0.884. The maximum atomic E-state index is 11.3. The van der Waals surface area contributed by atoms with Gasteiger partial charge in [0.15, 0.2) is 0 Å². The zero-order valence-corrected chi connectivity index (χ0v) is 11.3. The predicted molar refractivity (Wildman–Crippen MR) is 72.1 cm³/mol. The molecule has 0 aliphatic heterocycles. The van der Waals surface area contributed by atoms with Crippen LogP contribution in [0.3, 0.4) is 0 Å². The van der Waals surface area contributed by atoms with Crippen molar-refractivity contribution < 1.29 is 9.90 Å². The molecular weight excluding hydrogens is 228 g/mol. The van der Waals surface area contributed by atoms with Crippen LogP contribution in [0.25, 0.3) is 0 Å². The van der Waals surface area contributed by atoms with Crippen molar-refractivity contribution >= 4 is 5.97 Å². The lowest BCUT2D eigenvalue weighted by atomic mass is 10.0. The van der Waals surface area contributed by atoms with Crippen molar-refractivity contribution in [3.8, 4) is 0 Å². The van der Waals surface area contributed by atoms with Crippen LogP contribution in [0, 0.1) is 0 Å². The summed E-state index contributed by atoms with van der Waals surface area (Å²) in [4.78, 5) is 11.3. The quantitative estimate of drug-likeness (QED) is 0.597. The average molecular weight is 250 g/mol. The number of hydrazine groups is 1. The average Bonchev–Trinajstić information content (AvgIpc) is 2.35. The smallest absolute Gasteiger partial charge is 0.322 e. The Morgan fingerprint density at radius 1 is 1.28 bits per heavy atom. The molecule has 100 valence electrons. The van der Waals surface area contributed by atoms with E-state index in [4.69, 9.17) is 5.84 Å². The molecule has 3 N–H and O–H groups in total. The molecule has 1 aromatic rings. The maximum absolute atomic E-state index is 11.3. The Labute approximate surface area is 108 Å². The van der Waals surface area contributed by atoms with Crippen molar-refractivity contribution in [1.29, 1.82) is 0 Å². The van der Waals surface area contributed by atoms with Gasteiger partial charge in [-0.2, -0.15) is 0 Å². The largest absolute Gasteiger partial charge is 0.480 e. The van der Waals surface area contributed by atoms with E-state index in [1.54, 1.807) is 0 Å². The van der Waals surface area contributed by atoms with Crippen molar-refractivity contribution in [2.45, 2.75) is 45.7 Å². The number of carboxylic acids is 1. The molecule has 1 aromatic carbocycles. The zero-order valence-electron chi connectivity index (χ0n) is 11.3. The number of carboxylic acid groups (broad SMARTS) is 1. The van der Waals surface area contributed by atoms with Crippen LogP contribution in [0.15, 0.2) is 24.3 Å². The number of aryl methyl sites for hydroxylation is 1. The standard InChI is InChI=1S/C14H22N2O2/c1-4-11-5-7-12(8-6-11)9-13(14(17)18)16(15)10(2)3/h5-8,10,13H,4,9,15H2,1-3H3,(H,17,18)/t13-/m0/s1. The molecule has 0 bridgehead atoms. The van der Waals surface area contributed by atoms with Crippen molar-refractivity contribution in [3.05, 3.63) is 35.4 Å². The van der Waals surface area contributed by atoms with Crippen molar-refractivity contribution in [1.82, 2.24) is 5.01 Å². The molecule has 0 aromatic heterocycles. The minimum absolute atomic E-state index is 0.000940. The summed E-state index contributed by atoms with van der Waals surface area (Å²) in [6, 6.07) is 7.33. The first-order valence-electron chi connectivity index (χ1n) is 6.29. The van der Waals surface area contributed by atoms with Gasteiger partial charge in [0.1, 0.15) is 6.04 Å². The van der Waals surface area contributed by atoms with E-state index in [1.807, 2.05) is 38.1 Å². The molecule has 0 unspecified atom stereocenters. The van der Waals surface area contributed by atoms with E-state index in [1.165, 1.54) is 10.6 Å². The maximum Gasteiger partial charge on any atom is 0.322 e. The molecule has 0 aliphatic carbocycles. The molecule has 0 saturated carbocycles. The Balaban J connectivity index is 2.80. The van der Waals surface area contributed by atoms with E-state index >= 15 is 0 Å². The van der Waals surface area contributed by atoms with Gasteiger partial charge in [-0.1, -0.05) is 31.2 Å².